The minimum Gasteiger partial charge on any atom is -0.512 e. The van der Waals surface area contributed by atoms with E-state index in [1.54, 1.807) is 24.3 Å². The van der Waals surface area contributed by atoms with Crippen molar-refractivity contribution in [3.8, 4) is 5.75 Å². The SMILES string of the molecule is [B]NOCc1ccc(OP(=O)(OCCO[B])OCCO/C=C/O)cc1. The van der Waals surface area contributed by atoms with Gasteiger partial charge in [0.15, 0.2) is 0 Å². The fourth-order valence-corrected chi connectivity index (χ4v) is 2.65. The fourth-order valence-electron chi connectivity index (χ4n) is 1.50. The van der Waals surface area contributed by atoms with E-state index in [0.29, 0.717) is 0 Å². The maximum absolute atomic E-state index is 12.6. The number of phosphoric ester groups is 1. The molecule has 9 nitrogen and oxygen atoms in total. The van der Waals surface area contributed by atoms with Crippen molar-refractivity contribution in [2.45, 2.75) is 6.61 Å². The largest absolute Gasteiger partial charge is 0.530 e. The quantitative estimate of drug-likeness (QED) is 0.166. The van der Waals surface area contributed by atoms with Crippen LogP contribution in [-0.2, 0) is 34.4 Å². The third-order valence-corrected chi connectivity index (χ3v) is 3.95. The first-order valence-electron chi connectivity index (χ1n) is 7.11. The van der Waals surface area contributed by atoms with Gasteiger partial charge in [-0.3, -0.25) is 14.4 Å². The summed E-state index contributed by atoms with van der Waals surface area (Å²) in [6, 6.07) is 6.52. The van der Waals surface area contributed by atoms with Crippen LogP contribution in [0.1, 0.15) is 5.56 Å². The first-order chi connectivity index (χ1) is 12.1. The van der Waals surface area contributed by atoms with Gasteiger partial charge in [-0.15, -0.1) is 0 Å². The molecule has 0 saturated heterocycles. The van der Waals surface area contributed by atoms with Crippen LogP contribution in [0.5, 0.6) is 5.75 Å². The number of phosphoric acid groups is 1. The van der Waals surface area contributed by atoms with Crippen LogP contribution in [0, 0.1) is 0 Å². The van der Waals surface area contributed by atoms with E-state index in [1.165, 1.54) is 0 Å². The van der Waals surface area contributed by atoms with Gasteiger partial charge in [-0.25, -0.2) is 4.57 Å². The molecular formula is C13H18B2NO8P. The van der Waals surface area contributed by atoms with Gasteiger partial charge >= 0.3 is 7.82 Å². The first-order valence-corrected chi connectivity index (χ1v) is 8.57. The van der Waals surface area contributed by atoms with Crippen LogP contribution < -0.4 is 9.91 Å². The second-order valence-electron chi connectivity index (χ2n) is 4.28. The van der Waals surface area contributed by atoms with Crippen LogP contribution in [0.15, 0.2) is 36.8 Å². The summed E-state index contributed by atoms with van der Waals surface area (Å²) >= 11 is 0. The molecule has 0 aliphatic carbocycles. The Morgan fingerprint density at radius 1 is 1.12 bits per heavy atom. The second kappa shape index (κ2) is 12.8. The predicted molar refractivity (Wildman–Crippen MR) is 89.7 cm³/mol. The third-order valence-electron chi connectivity index (χ3n) is 2.52. The van der Waals surface area contributed by atoms with Gasteiger partial charge < -0.3 is 23.9 Å². The summed E-state index contributed by atoms with van der Waals surface area (Å²) < 4.78 is 37.4. The molecule has 0 saturated carbocycles. The van der Waals surface area contributed by atoms with E-state index in [4.69, 9.17) is 44.3 Å². The molecule has 1 aromatic rings. The Bertz CT molecular complexity index is 545. The Morgan fingerprint density at radius 3 is 2.40 bits per heavy atom. The molecule has 25 heavy (non-hydrogen) atoms. The average molecular weight is 369 g/mol. The Kier molecular flexibility index (Phi) is 11.1. The summed E-state index contributed by atoms with van der Waals surface area (Å²) in [5.74, 6) is 0.262. The number of ether oxygens (including phenoxy) is 1. The standard InChI is InChI=1S/C13H18B2NO8P/c14-16-21-11-12-1-3-13(4-2-12)24-25(18,23-10-8-20-15)22-9-7-19-6-5-17/h1-6,16-17H,7-11H2/b6-5+. The van der Waals surface area contributed by atoms with Gasteiger partial charge in [0.2, 0.25) is 7.98 Å². The van der Waals surface area contributed by atoms with E-state index in [0.717, 1.165) is 18.1 Å². The molecular weight excluding hydrogens is 351 g/mol. The molecule has 1 aromatic carbocycles. The molecule has 2 N–H and O–H groups in total. The van der Waals surface area contributed by atoms with E-state index >= 15 is 0 Å². The topological polar surface area (TPSA) is 105 Å². The van der Waals surface area contributed by atoms with Crippen molar-refractivity contribution >= 4 is 23.9 Å². The smallest absolute Gasteiger partial charge is 0.512 e. The zero-order valence-corrected chi connectivity index (χ0v) is 14.3. The Labute approximate surface area is 148 Å². The average Bonchev–Trinajstić information content (AvgIpc) is 2.61. The molecule has 0 amide bonds. The summed E-state index contributed by atoms with van der Waals surface area (Å²) in [5.41, 5.74) is 0.808. The van der Waals surface area contributed by atoms with Gasteiger partial charge in [0, 0.05) is 0 Å². The number of aliphatic hydroxyl groups is 1. The lowest BCUT2D eigenvalue weighted by molar-refractivity contribution is 0.0811. The van der Waals surface area contributed by atoms with Crippen molar-refractivity contribution in [1.82, 2.24) is 5.39 Å². The van der Waals surface area contributed by atoms with Crippen LogP contribution in [0.3, 0.4) is 0 Å². The Hall–Kier alpha value is -1.48. The highest BCUT2D eigenvalue weighted by Crippen LogP contribution is 2.49. The lowest BCUT2D eigenvalue weighted by atomic mass is 10.2. The molecule has 134 valence electrons. The van der Waals surface area contributed by atoms with Gasteiger partial charge in [0.25, 0.3) is 8.05 Å². The van der Waals surface area contributed by atoms with E-state index < -0.39 is 7.82 Å². The molecule has 0 heterocycles. The van der Waals surface area contributed by atoms with Crippen molar-refractivity contribution < 1.29 is 37.5 Å². The molecule has 1 rings (SSSR count). The lowest BCUT2D eigenvalue weighted by Gasteiger charge is -2.18. The summed E-state index contributed by atoms with van der Waals surface area (Å²) in [6.07, 6.45) is 1.77. The number of aliphatic hydroxyl groups excluding tert-OH is 1. The highest BCUT2D eigenvalue weighted by atomic mass is 31.2. The summed E-state index contributed by atoms with van der Waals surface area (Å²) in [4.78, 5) is 4.83. The van der Waals surface area contributed by atoms with Crippen molar-refractivity contribution in [3.63, 3.8) is 0 Å². The molecule has 0 bridgehead atoms. The molecule has 0 aliphatic heterocycles. The van der Waals surface area contributed by atoms with Gasteiger partial charge in [-0.2, -0.15) is 0 Å². The molecule has 12 heteroatoms. The van der Waals surface area contributed by atoms with Gasteiger partial charge in [-0.05, 0) is 17.7 Å². The number of nitrogens with one attached hydrogen (secondary N) is 1. The highest BCUT2D eigenvalue weighted by Gasteiger charge is 2.28. The van der Waals surface area contributed by atoms with Crippen LogP contribution in [0.25, 0.3) is 0 Å². The van der Waals surface area contributed by atoms with Crippen LogP contribution in [0.4, 0.5) is 0 Å². The summed E-state index contributed by atoms with van der Waals surface area (Å²) in [5, 5.41) is 10.5. The van der Waals surface area contributed by atoms with Gasteiger partial charge in [0.05, 0.1) is 26.4 Å². The van der Waals surface area contributed by atoms with Gasteiger partial charge in [-0.1, -0.05) is 12.1 Å². The molecule has 0 spiro atoms. The molecule has 1 atom stereocenters. The zero-order valence-electron chi connectivity index (χ0n) is 13.4. The number of rotatable bonds is 14. The van der Waals surface area contributed by atoms with E-state index in [1.807, 2.05) is 0 Å². The number of hydrogen-bond donors (Lipinski definition) is 2. The summed E-state index contributed by atoms with van der Waals surface area (Å²) in [7, 11) is 5.98. The zero-order chi connectivity index (χ0) is 18.4. The number of hydrogen-bond acceptors (Lipinski definition) is 9. The maximum Gasteiger partial charge on any atom is 0.530 e. The highest BCUT2D eigenvalue weighted by molar-refractivity contribution is 7.48. The van der Waals surface area contributed by atoms with Crippen molar-refractivity contribution in [2.75, 3.05) is 26.4 Å². The van der Waals surface area contributed by atoms with Crippen LogP contribution in [0.2, 0.25) is 0 Å². The molecule has 0 aliphatic rings. The van der Waals surface area contributed by atoms with Crippen LogP contribution in [-0.4, -0.2) is 47.6 Å². The second-order valence-corrected chi connectivity index (χ2v) is 5.88. The van der Waals surface area contributed by atoms with Crippen molar-refractivity contribution in [1.29, 1.82) is 0 Å². The van der Waals surface area contributed by atoms with E-state index in [9.17, 15) is 4.57 Å². The first kappa shape index (κ1) is 21.6. The molecule has 0 fully saturated rings. The Morgan fingerprint density at radius 2 is 1.80 bits per heavy atom. The minimum atomic E-state index is -3.92. The third kappa shape index (κ3) is 9.54. The number of benzene rings is 1. The van der Waals surface area contributed by atoms with Gasteiger partial charge in [0.1, 0.15) is 24.9 Å². The molecule has 1 unspecified atom stereocenters. The predicted octanol–water partition coefficient (Wildman–Crippen LogP) is 1.46. The van der Waals surface area contributed by atoms with E-state index in [-0.39, 0.29) is 38.8 Å². The molecule has 4 radical (unpaired) electrons. The lowest BCUT2D eigenvalue weighted by Crippen LogP contribution is -2.10. The van der Waals surface area contributed by atoms with E-state index in [2.05, 4.69) is 10.0 Å². The minimum absolute atomic E-state index is 0.00280. The maximum atomic E-state index is 12.6. The normalized spacial score (nSPS) is 13.6. The summed E-state index contributed by atoms with van der Waals surface area (Å²) in [6.45, 7) is 0.0792. The van der Waals surface area contributed by atoms with Crippen molar-refractivity contribution in [3.05, 3.63) is 42.4 Å². The Balaban J connectivity index is 2.62. The van der Waals surface area contributed by atoms with Crippen molar-refractivity contribution in [2.24, 2.45) is 0 Å². The molecule has 0 aromatic heterocycles. The van der Waals surface area contributed by atoms with Crippen LogP contribution >= 0.6 is 7.82 Å². The monoisotopic (exact) mass is 369 g/mol. The fraction of sp³-hybridized carbons (Fsp3) is 0.385.